The molecule has 0 aromatic heterocycles. The standard InChI is InChI=1S/C30H20Cl2O3/c31-25-11-1-21(2-12-25)5-19-29(33)23-7-15-27(16-8-23)35-28-17-9-24(10-18-28)30(34)20-6-22-3-13-26(32)14-4-22/h1-20H. The molecule has 4 aromatic rings. The number of allylic oxidation sites excluding steroid dienone is 2. The zero-order chi connectivity index (χ0) is 24.6. The molecule has 0 saturated carbocycles. The fourth-order valence-corrected chi connectivity index (χ4v) is 3.45. The van der Waals surface area contributed by atoms with Gasteiger partial charge in [0, 0.05) is 21.2 Å². The third-order valence-corrected chi connectivity index (χ3v) is 5.61. The largest absolute Gasteiger partial charge is 0.457 e. The maximum atomic E-state index is 12.4. The predicted molar refractivity (Wildman–Crippen MR) is 143 cm³/mol. The van der Waals surface area contributed by atoms with E-state index >= 15 is 0 Å². The van der Waals surface area contributed by atoms with Crippen LogP contribution < -0.4 is 4.74 Å². The van der Waals surface area contributed by atoms with Crippen molar-refractivity contribution in [1.29, 1.82) is 0 Å². The number of ether oxygens (including phenoxy) is 1. The molecule has 0 aliphatic rings. The molecule has 0 aliphatic carbocycles. The molecule has 35 heavy (non-hydrogen) atoms. The highest BCUT2D eigenvalue weighted by Crippen LogP contribution is 2.23. The molecular weight excluding hydrogens is 479 g/mol. The van der Waals surface area contributed by atoms with Crippen molar-refractivity contribution in [3.8, 4) is 11.5 Å². The van der Waals surface area contributed by atoms with Crippen LogP contribution in [0.4, 0.5) is 0 Å². The van der Waals surface area contributed by atoms with Crippen molar-refractivity contribution in [2.45, 2.75) is 0 Å². The third kappa shape index (κ3) is 7.03. The molecule has 0 fully saturated rings. The van der Waals surface area contributed by atoms with Gasteiger partial charge in [0.1, 0.15) is 11.5 Å². The monoisotopic (exact) mass is 498 g/mol. The summed E-state index contributed by atoms with van der Waals surface area (Å²) in [4.78, 5) is 24.8. The summed E-state index contributed by atoms with van der Waals surface area (Å²) in [5.74, 6) is 0.955. The van der Waals surface area contributed by atoms with Crippen molar-refractivity contribution in [1.82, 2.24) is 0 Å². The SMILES string of the molecule is O=C(C=Cc1ccc(Cl)cc1)c1ccc(Oc2ccc(C(=O)C=Cc3ccc(Cl)cc3)cc2)cc1. The van der Waals surface area contributed by atoms with E-state index in [9.17, 15) is 9.59 Å². The van der Waals surface area contributed by atoms with Crippen LogP contribution in [0.1, 0.15) is 31.8 Å². The van der Waals surface area contributed by atoms with Crippen molar-refractivity contribution in [2.75, 3.05) is 0 Å². The molecule has 0 radical (unpaired) electrons. The van der Waals surface area contributed by atoms with E-state index in [1.54, 1.807) is 84.9 Å². The van der Waals surface area contributed by atoms with Gasteiger partial charge in [-0.3, -0.25) is 9.59 Å². The maximum Gasteiger partial charge on any atom is 0.185 e. The lowest BCUT2D eigenvalue weighted by Crippen LogP contribution is -1.95. The number of ketones is 2. The number of carbonyl (C=O) groups is 2. The molecule has 3 nitrogen and oxygen atoms in total. The van der Waals surface area contributed by atoms with E-state index in [1.807, 2.05) is 24.3 Å². The summed E-state index contributed by atoms with van der Waals surface area (Å²) in [6, 6.07) is 28.3. The van der Waals surface area contributed by atoms with Gasteiger partial charge < -0.3 is 4.74 Å². The van der Waals surface area contributed by atoms with E-state index in [-0.39, 0.29) is 11.6 Å². The van der Waals surface area contributed by atoms with Crippen LogP contribution >= 0.6 is 23.2 Å². The first-order valence-electron chi connectivity index (χ1n) is 10.8. The molecule has 0 unspecified atom stereocenters. The van der Waals surface area contributed by atoms with Crippen molar-refractivity contribution < 1.29 is 14.3 Å². The van der Waals surface area contributed by atoms with Gasteiger partial charge in [-0.1, -0.05) is 59.6 Å². The second-order valence-electron chi connectivity index (χ2n) is 7.65. The fourth-order valence-electron chi connectivity index (χ4n) is 3.19. The Kier molecular flexibility index (Phi) is 7.94. The van der Waals surface area contributed by atoms with Crippen LogP contribution in [0.15, 0.2) is 109 Å². The van der Waals surface area contributed by atoms with Gasteiger partial charge in [0.05, 0.1) is 0 Å². The number of halogens is 2. The number of benzene rings is 4. The molecule has 0 amide bonds. The number of hydrogen-bond acceptors (Lipinski definition) is 3. The molecule has 0 aliphatic heterocycles. The van der Waals surface area contributed by atoms with Crippen LogP contribution in [0.25, 0.3) is 12.2 Å². The Labute approximate surface area is 213 Å². The number of rotatable bonds is 8. The first kappa shape index (κ1) is 24.2. The van der Waals surface area contributed by atoms with Gasteiger partial charge in [0.2, 0.25) is 0 Å². The number of hydrogen-bond donors (Lipinski definition) is 0. The van der Waals surface area contributed by atoms with E-state index in [2.05, 4.69) is 0 Å². The summed E-state index contributed by atoms with van der Waals surface area (Å²) in [5.41, 5.74) is 2.89. The van der Waals surface area contributed by atoms with Gasteiger partial charge in [0.25, 0.3) is 0 Å². The average Bonchev–Trinajstić information content (AvgIpc) is 2.88. The smallest absolute Gasteiger partial charge is 0.185 e. The molecule has 5 heteroatoms. The minimum absolute atomic E-state index is 0.110. The van der Waals surface area contributed by atoms with E-state index < -0.39 is 0 Å². The number of carbonyl (C=O) groups excluding carboxylic acids is 2. The lowest BCUT2D eigenvalue weighted by Gasteiger charge is -2.07. The molecule has 0 saturated heterocycles. The third-order valence-electron chi connectivity index (χ3n) is 5.11. The lowest BCUT2D eigenvalue weighted by molar-refractivity contribution is 0.103. The highest BCUT2D eigenvalue weighted by atomic mass is 35.5. The Morgan fingerprint density at radius 2 is 0.857 bits per heavy atom. The van der Waals surface area contributed by atoms with Crippen molar-refractivity contribution in [3.63, 3.8) is 0 Å². The summed E-state index contributed by atoms with van der Waals surface area (Å²) in [5, 5.41) is 1.30. The van der Waals surface area contributed by atoms with Crippen molar-refractivity contribution >= 4 is 46.9 Å². The van der Waals surface area contributed by atoms with Crippen LogP contribution in [0.2, 0.25) is 10.0 Å². The molecular formula is C30H20Cl2O3. The van der Waals surface area contributed by atoms with Crippen LogP contribution in [-0.2, 0) is 0 Å². The summed E-state index contributed by atoms with van der Waals surface area (Å²) in [6.07, 6.45) is 6.54. The first-order chi connectivity index (χ1) is 17.0. The summed E-state index contributed by atoms with van der Waals surface area (Å²) >= 11 is 11.8. The van der Waals surface area contributed by atoms with E-state index in [0.29, 0.717) is 32.7 Å². The maximum absolute atomic E-state index is 12.4. The zero-order valence-corrected chi connectivity index (χ0v) is 20.0. The second-order valence-corrected chi connectivity index (χ2v) is 8.52. The molecule has 0 heterocycles. The van der Waals surface area contributed by atoms with Gasteiger partial charge in [-0.05, 0) is 96.1 Å². The average molecular weight is 499 g/mol. The second kappa shape index (κ2) is 11.5. The van der Waals surface area contributed by atoms with Gasteiger partial charge >= 0.3 is 0 Å². The molecule has 0 bridgehead atoms. The van der Waals surface area contributed by atoms with Gasteiger partial charge in [0.15, 0.2) is 11.6 Å². The summed E-state index contributed by atoms with van der Waals surface area (Å²) < 4.78 is 5.85. The Hall–Kier alpha value is -3.92. The van der Waals surface area contributed by atoms with Crippen molar-refractivity contribution in [2.24, 2.45) is 0 Å². The predicted octanol–water partition coefficient (Wildman–Crippen LogP) is 8.58. The van der Waals surface area contributed by atoms with Crippen LogP contribution in [-0.4, -0.2) is 11.6 Å². The Morgan fingerprint density at radius 1 is 0.514 bits per heavy atom. The summed E-state index contributed by atoms with van der Waals surface area (Å²) in [6.45, 7) is 0. The molecule has 0 N–H and O–H groups in total. The minimum Gasteiger partial charge on any atom is -0.457 e. The van der Waals surface area contributed by atoms with Crippen LogP contribution in [0, 0.1) is 0 Å². The molecule has 4 aromatic carbocycles. The zero-order valence-electron chi connectivity index (χ0n) is 18.5. The topological polar surface area (TPSA) is 43.4 Å². The van der Waals surface area contributed by atoms with Gasteiger partial charge in [-0.25, -0.2) is 0 Å². The normalized spacial score (nSPS) is 11.1. The van der Waals surface area contributed by atoms with E-state index in [0.717, 1.165) is 11.1 Å². The molecule has 0 atom stereocenters. The van der Waals surface area contributed by atoms with E-state index in [4.69, 9.17) is 27.9 Å². The highest BCUT2D eigenvalue weighted by Gasteiger charge is 2.05. The molecule has 4 rings (SSSR count). The first-order valence-corrected chi connectivity index (χ1v) is 11.6. The molecule has 0 spiro atoms. The van der Waals surface area contributed by atoms with Gasteiger partial charge in [-0.2, -0.15) is 0 Å². The highest BCUT2D eigenvalue weighted by molar-refractivity contribution is 6.30. The van der Waals surface area contributed by atoms with E-state index in [1.165, 1.54) is 12.2 Å². The quantitative estimate of drug-likeness (QED) is 0.180. The Balaban J connectivity index is 1.34. The van der Waals surface area contributed by atoms with Crippen molar-refractivity contribution in [3.05, 3.63) is 142 Å². The van der Waals surface area contributed by atoms with Gasteiger partial charge in [-0.15, -0.1) is 0 Å². The minimum atomic E-state index is -0.110. The summed E-state index contributed by atoms with van der Waals surface area (Å²) in [7, 11) is 0. The lowest BCUT2D eigenvalue weighted by atomic mass is 10.1. The molecule has 172 valence electrons. The Bertz CT molecular complexity index is 1260. The van der Waals surface area contributed by atoms with Crippen LogP contribution in [0.5, 0.6) is 11.5 Å². The Morgan fingerprint density at radius 3 is 1.20 bits per heavy atom. The van der Waals surface area contributed by atoms with Crippen LogP contribution in [0.3, 0.4) is 0 Å². The fraction of sp³-hybridized carbons (Fsp3) is 0.